The zero-order valence-corrected chi connectivity index (χ0v) is 12.5. The number of phenols is 1. The topological polar surface area (TPSA) is 116 Å². The summed E-state index contributed by atoms with van der Waals surface area (Å²) in [5, 5.41) is 23.3. The van der Waals surface area contributed by atoms with Crippen LogP contribution >= 0.6 is 0 Å². The molecule has 2 amide bonds. The number of carbonyl (C=O) groups excluding carboxylic acids is 2. The highest BCUT2D eigenvalue weighted by molar-refractivity contribution is 6.03. The Labute approximate surface area is 132 Å². The molecule has 2 aliphatic rings. The standard InChI is InChI=1S/C16H17N3O4/c1-8-2-4-10-13(14(8)21)18-15(22)11-6-9(3-5-12(17)20)7-19(11)16(10)23/h2-5,7,11,15,18,21-22H,6H2,1H3,(H2,17,20)/t11-,15-/m0/s1. The number of nitrogens with zero attached hydrogens (tertiary/aromatic N) is 1. The van der Waals surface area contributed by atoms with Crippen molar-refractivity contribution in [2.45, 2.75) is 25.6 Å². The minimum absolute atomic E-state index is 0.0473. The van der Waals surface area contributed by atoms with Crippen molar-refractivity contribution in [2.75, 3.05) is 5.32 Å². The molecular weight excluding hydrogens is 298 g/mol. The molecule has 7 heteroatoms. The maximum absolute atomic E-state index is 12.7. The van der Waals surface area contributed by atoms with Crippen molar-refractivity contribution in [3.63, 3.8) is 0 Å². The van der Waals surface area contributed by atoms with Crippen molar-refractivity contribution in [3.8, 4) is 5.75 Å². The van der Waals surface area contributed by atoms with E-state index in [1.54, 1.807) is 25.3 Å². The molecule has 0 radical (unpaired) electrons. The summed E-state index contributed by atoms with van der Waals surface area (Å²) in [5.41, 5.74) is 6.91. The Morgan fingerprint density at radius 2 is 2.22 bits per heavy atom. The summed E-state index contributed by atoms with van der Waals surface area (Å²) in [7, 11) is 0. The number of phenolic OH excluding ortho intramolecular Hbond substituents is 1. The Hall–Kier alpha value is -2.80. The van der Waals surface area contributed by atoms with Gasteiger partial charge in [-0.15, -0.1) is 0 Å². The number of aliphatic hydroxyl groups is 1. The van der Waals surface area contributed by atoms with Crippen molar-refractivity contribution in [2.24, 2.45) is 5.73 Å². The van der Waals surface area contributed by atoms with Crippen molar-refractivity contribution in [1.29, 1.82) is 0 Å². The molecule has 0 saturated carbocycles. The minimum Gasteiger partial charge on any atom is -0.505 e. The molecule has 7 nitrogen and oxygen atoms in total. The fourth-order valence-corrected chi connectivity index (χ4v) is 2.84. The van der Waals surface area contributed by atoms with Gasteiger partial charge in [0.25, 0.3) is 5.91 Å². The first kappa shape index (κ1) is 15.1. The van der Waals surface area contributed by atoms with Crippen LogP contribution in [0.1, 0.15) is 22.3 Å². The van der Waals surface area contributed by atoms with E-state index in [4.69, 9.17) is 5.73 Å². The molecule has 1 aromatic carbocycles. The summed E-state index contributed by atoms with van der Waals surface area (Å²) in [6.45, 7) is 1.72. The van der Waals surface area contributed by atoms with E-state index in [9.17, 15) is 19.8 Å². The van der Waals surface area contributed by atoms with Crippen molar-refractivity contribution >= 4 is 17.5 Å². The second-order valence-electron chi connectivity index (χ2n) is 5.67. The van der Waals surface area contributed by atoms with Crippen LogP contribution in [0.2, 0.25) is 0 Å². The molecule has 1 aromatic rings. The van der Waals surface area contributed by atoms with E-state index < -0.39 is 18.2 Å². The number of aliphatic hydroxyl groups excluding tert-OH is 1. The Balaban J connectivity index is 2.01. The van der Waals surface area contributed by atoms with E-state index in [2.05, 4.69) is 5.32 Å². The van der Waals surface area contributed by atoms with Gasteiger partial charge in [0, 0.05) is 12.3 Å². The Bertz CT molecular complexity index is 754. The van der Waals surface area contributed by atoms with Crippen LogP contribution in [-0.2, 0) is 4.79 Å². The molecule has 5 N–H and O–H groups in total. The van der Waals surface area contributed by atoms with Gasteiger partial charge >= 0.3 is 0 Å². The lowest BCUT2D eigenvalue weighted by molar-refractivity contribution is -0.113. The first-order valence-corrected chi connectivity index (χ1v) is 7.16. The molecule has 23 heavy (non-hydrogen) atoms. The zero-order chi connectivity index (χ0) is 16.7. The molecule has 0 bridgehead atoms. The summed E-state index contributed by atoms with van der Waals surface area (Å²) in [4.78, 5) is 25.0. The van der Waals surface area contributed by atoms with Gasteiger partial charge in [0.2, 0.25) is 5.91 Å². The summed E-state index contributed by atoms with van der Waals surface area (Å²) in [6, 6.07) is 2.73. The van der Waals surface area contributed by atoms with Crippen LogP contribution in [-0.4, -0.2) is 39.2 Å². The molecule has 0 aromatic heterocycles. The Morgan fingerprint density at radius 1 is 1.48 bits per heavy atom. The van der Waals surface area contributed by atoms with Gasteiger partial charge in [-0.3, -0.25) is 9.59 Å². The molecule has 0 saturated heterocycles. The monoisotopic (exact) mass is 315 g/mol. The van der Waals surface area contributed by atoms with Gasteiger partial charge < -0.3 is 26.2 Å². The number of carbonyl (C=O) groups is 2. The van der Waals surface area contributed by atoms with Gasteiger partial charge in [-0.2, -0.15) is 0 Å². The molecule has 2 aliphatic heterocycles. The molecule has 120 valence electrons. The smallest absolute Gasteiger partial charge is 0.260 e. The van der Waals surface area contributed by atoms with Gasteiger partial charge in [-0.05, 0) is 30.5 Å². The molecule has 2 heterocycles. The van der Waals surface area contributed by atoms with Crippen LogP contribution in [0.5, 0.6) is 5.75 Å². The Morgan fingerprint density at radius 3 is 2.91 bits per heavy atom. The van der Waals surface area contributed by atoms with Gasteiger partial charge in [0.05, 0.1) is 17.3 Å². The molecule has 0 fully saturated rings. The first-order valence-electron chi connectivity index (χ1n) is 7.16. The second kappa shape index (κ2) is 5.44. The normalized spacial score (nSPS) is 23.1. The van der Waals surface area contributed by atoms with E-state index in [0.717, 1.165) is 0 Å². The molecular formula is C16H17N3O4. The lowest BCUT2D eigenvalue weighted by atomic mass is 10.1. The predicted molar refractivity (Wildman–Crippen MR) is 83.5 cm³/mol. The number of anilines is 1. The number of hydrogen-bond acceptors (Lipinski definition) is 5. The van der Waals surface area contributed by atoms with Crippen molar-refractivity contribution in [3.05, 3.63) is 47.2 Å². The van der Waals surface area contributed by atoms with E-state index in [0.29, 0.717) is 17.6 Å². The number of benzene rings is 1. The number of primary amides is 1. The van der Waals surface area contributed by atoms with E-state index in [1.165, 1.54) is 17.1 Å². The fourth-order valence-electron chi connectivity index (χ4n) is 2.84. The van der Waals surface area contributed by atoms with Gasteiger partial charge in [-0.25, -0.2) is 0 Å². The van der Waals surface area contributed by atoms with Crippen LogP contribution in [0.25, 0.3) is 0 Å². The number of amides is 2. The van der Waals surface area contributed by atoms with Crippen LogP contribution in [0.4, 0.5) is 5.69 Å². The number of nitrogens with two attached hydrogens (primary N) is 1. The van der Waals surface area contributed by atoms with E-state index >= 15 is 0 Å². The first-order chi connectivity index (χ1) is 10.9. The maximum Gasteiger partial charge on any atom is 0.260 e. The largest absolute Gasteiger partial charge is 0.505 e. The number of nitrogens with one attached hydrogen (secondary N) is 1. The molecule has 0 unspecified atom stereocenters. The highest BCUT2D eigenvalue weighted by atomic mass is 16.3. The SMILES string of the molecule is Cc1ccc2c(c1O)N[C@@H](O)[C@@H]1CC(C=CC(N)=O)=CN1C2=O. The van der Waals surface area contributed by atoms with E-state index in [1.807, 2.05) is 0 Å². The summed E-state index contributed by atoms with van der Waals surface area (Å²) in [5.74, 6) is -0.954. The lowest BCUT2D eigenvalue weighted by Gasteiger charge is -2.24. The third-order valence-electron chi connectivity index (χ3n) is 4.07. The quantitative estimate of drug-likeness (QED) is 0.471. The number of hydrogen-bond donors (Lipinski definition) is 4. The average molecular weight is 315 g/mol. The highest BCUT2D eigenvalue weighted by Gasteiger charge is 2.39. The second-order valence-corrected chi connectivity index (χ2v) is 5.67. The van der Waals surface area contributed by atoms with Crippen LogP contribution in [0.15, 0.2) is 36.1 Å². The molecule has 3 rings (SSSR count). The Kier molecular flexibility index (Phi) is 3.57. The van der Waals surface area contributed by atoms with Crippen molar-refractivity contribution in [1.82, 2.24) is 4.90 Å². The predicted octanol–water partition coefficient (Wildman–Crippen LogP) is 0.584. The third kappa shape index (κ3) is 2.55. The van der Waals surface area contributed by atoms with Crippen molar-refractivity contribution < 1.29 is 19.8 Å². The number of aromatic hydroxyl groups is 1. The minimum atomic E-state index is -1.05. The van der Waals surface area contributed by atoms with E-state index in [-0.39, 0.29) is 22.9 Å². The zero-order valence-electron chi connectivity index (χ0n) is 12.5. The van der Waals surface area contributed by atoms with Gasteiger partial charge in [0.15, 0.2) is 0 Å². The lowest BCUT2D eigenvalue weighted by Crippen LogP contribution is -2.42. The third-order valence-corrected chi connectivity index (χ3v) is 4.07. The number of fused-ring (bicyclic) bond motifs is 2. The summed E-state index contributed by atoms with van der Waals surface area (Å²) >= 11 is 0. The summed E-state index contributed by atoms with van der Waals surface area (Å²) < 4.78 is 0. The van der Waals surface area contributed by atoms with Gasteiger partial charge in [0.1, 0.15) is 12.0 Å². The highest BCUT2D eigenvalue weighted by Crippen LogP contribution is 2.38. The maximum atomic E-state index is 12.7. The average Bonchev–Trinajstić information content (AvgIpc) is 2.90. The molecule has 2 atom stereocenters. The van der Waals surface area contributed by atoms with Crippen LogP contribution in [0, 0.1) is 6.92 Å². The van der Waals surface area contributed by atoms with Crippen LogP contribution < -0.4 is 11.1 Å². The number of aryl methyl sites for hydroxylation is 1. The van der Waals surface area contributed by atoms with Gasteiger partial charge in [-0.1, -0.05) is 12.1 Å². The molecule has 0 spiro atoms. The summed E-state index contributed by atoms with van der Waals surface area (Å²) in [6.07, 6.45) is 3.65. The number of rotatable bonds is 2. The van der Waals surface area contributed by atoms with Crippen LogP contribution in [0.3, 0.4) is 0 Å². The number of allylic oxidation sites excluding steroid dienone is 1. The molecule has 0 aliphatic carbocycles. The fraction of sp³-hybridized carbons (Fsp3) is 0.250.